The van der Waals surface area contributed by atoms with Crippen LogP contribution in [0, 0.1) is 19.8 Å². The Morgan fingerprint density at radius 2 is 2.08 bits per heavy atom. The van der Waals surface area contributed by atoms with Gasteiger partial charge in [0.25, 0.3) is 0 Å². The number of hydrogen-bond acceptors (Lipinski definition) is 4. The molecule has 2 aromatic heterocycles. The van der Waals surface area contributed by atoms with Gasteiger partial charge in [-0.3, -0.25) is 14.0 Å². The number of aromatic nitrogens is 5. The summed E-state index contributed by atoms with van der Waals surface area (Å²) in [7, 11) is 1.64. The van der Waals surface area contributed by atoms with Gasteiger partial charge in [0, 0.05) is 26.6 Å². The van der Waals surface area contributed by atoms with Crippen LogP contribution in [0.2, 0.25) is 0 Å². The lowest BCUT2D eigenvalue weighted by molar-refractivity contribution is -0.120. The van der Waals surface area contributed by atoms with Crippen molar-refractivity contribution in [2.24, 2.45) is 13.0 Å². The third-order valence-electron chi connectivity index (χ3n) is 4.64. The molecular formula is C16H24N6O2. The van der Waals surface area contributed by atoms with Crippen LogP contribution in [0.4, 0.5) is 5.69 Å². The van der Waals surface area contributed by atoms with Gasteiger partial charge in [-0.1, -0.05) is 6.92 Å². The Morgan fingerprint density at radius 3 is 2.79 bits per heavy atom. The lowest BCUT2D eigenvalue weighted by atomic mass is 9.98. The van der Waals surface area contributed by atoms with Crippen molar-refractivity contribution in [3.05, 3.63) is 27.7 Å². The highest BCUT2D eigenvalue weighted by Gasteiger charge is 2.28. The van der Waals surface area contributed by atoms with Crippen molar-refractivity contribution < 1.29 is 4.79 Å². The van der Waals surface area contributed by atoms with Crippen LogP contribution in [0.25, 0.3) is 0 Å². The Hall–Kier alpha value is -2.38. The highest BCUT2D eigenvalue weighted by Crippen LogP contribution is 2.23. The van der Waals surface area contributed by atoms with E-state index in [0.717, 1.165) is 35.9 Å². The number of carbonyl (C=O) groups is 1. The van der Waals surface area contributed by atoms with Gasteiger partial charge in [0.05, 0.1) is 23.0 Å². The number of fused-ring (bicyclic) bond motifs is 1. The monoisotopic (exact) mass is 332 g/mol. The number of hydrogen-bond donors (Lipinski definition) is 1. The third-order valence-corrected chi connectivity index (χ3v) is 4.64. The molecule has 0 aromatic carbocycles. The zero-order chi connectivity index (χ0) is 17.4. The minimum atomic E-state index is -0.229. The summed E-state index contributed by atoms with van der Waals surface area (Å²) in [5.41, 5.74) is 2.42. The summed E-state index contributed by atoms with van der Waals surface area (Å²) in [6.07, 6.45) is 2.33. The second-order valence-corrected chi connectivity index (χ2v) is 6.43. The Kier molecular flexibility index (Phi) is 4.29. The van der Waals surface area contributed by atoms with E-state index in [-0.39, 0.29) is 17.5 Å². The summed E-state index contributed by atoms with van der Waals surface area (Å²) >= 11 is 0. The SMILES string of the molecule is CCCn1nc(C)c(NC(=O)C2CCc3nn(C)c(=O)n3C2)c1C. The molecule has 0 radical (unpaired) electrons. The fraction of sp³-hybridized carbons (Fsp3) is 0.625. The number of carbonyl (C=O) groups excluding carboxylic acids is 1. The molecule has 1 aliphatic rings. The molecule has 130 valence electrons. The Labute approximate surface area is 140 Å². The van der Waals surface area contributed by atoms with Gasteiger partial charge >= 0.3 is 5.69 Å². The first-order valence-corrected chi connectivity index (χ1v) is 8.40. The van der Waals surface area contributed by atoms with Crippen LogP contribution >= 0.6 is 0 Å². The first-order chi connectivity index (χ1) is 11.4. The minimum absolute atomic E-state index is 0.0568. The normalized spacial score (nSPS) is 16.9. The van der Waals surface area contributed by atoms with E-state index in [4.69, 9.17) is 0 Å². The molecule has 1 unspecified atom stereocenters. The van der Waals surface area contributed by atoms with Crippen LogP contribution in [-0.2, 0) is 31.4 Å². The molecule has 0 spiro atoms. The van der Waals surface area contributed by atoms with Crippen molar-refractivity contribution in [3.8, 4) is 0 Å². The third kappa shape index (κ3) is 2.76. The molecule has 8 heteroatoms. The van der Waals surface area contributed by atoms with E-state index in [1.54, 1.807) is 11.6 Å². The summed E-state index contributed by atoms with van der Waals surface area (Å²) in [6, 6.07) is 0. The zero-order valence-electron chi connectivity index (χ0n) is 14.7. The standard InChI is InChI=1S/C16H24N6O2/c1-5-8-22-11(3)14(10(2)18-22)17-15(23)12-6-7-13-19-20(4)16(24)21(13)9-12/h12H,5-9H2,1-4H3,(H,17,23). The van der Waals surface area contributed by atoms with Crippen LogP contribution in [0.5, 0.6) is 0 Å². The molecule has 0 fully saturated rings. The molecule has 0 aliphatic carbocycles. The average Bonchev–Trinajstić information content (AvgIpc) is 2.98. The molecular weight excluding hydrogens is 308 g/mol. The van der Waals surface area contributed by atoms with E-state index in [1.807, 2.05) is 18.5 Å². The van der Waals surface area contributed by atoms with Gasteiger partial charge in [-0.2, -0.15) is 10.2 Å². The molecule has 0 bridgehead atoms. The maximum absolute atomic E-state index is 12.7. The molecule has 3 heterocycles. The highest BCUT2D eigenvalue weighted by atomic mass is 16.2. The van der Waals surface area contributed by atoms with Gasteiger partial charge in [-0.25, -0.2) is 9.48 Å². The van der Waals surface area contributed by atoms with E-state index in [9.17, 15) is 9.59 Å². The second kappa shape index (κ2) is 6.26. The maximum atomic E-state index is 12.7. The number of rotatable bonds is 4. The lowest BCUT2D eigenvalue weighted by Crippen LogP contribution is -2.35. The van der Waals surface area contributed by atoms with Crippen LogP contribution in [0.15, 0.2) is 4.79 Å². The molecule has 2 aromatic rings. The molecule has 1 atom stereocenters. The minimum Gasteiger partial charge on any atom is -0.323 e. The Balaban J connectivity index is 1.77. The largest absolute Gasteiger partial charge is 0.345 e. The van der Waals surface area contributed by atoms with Crippen molar-refractivity contribution in [2.45, 2.75) is 53.1 Å². The first kappa shape index (κ1) is 16.5. The molecule has 8 nitrogen and oxygen atoms in total. The number of nitrogens with zero attached hydrogens (tertiary/aromatic N) is 5. The first-order valence-electron chi connectivity index (χ1n) is 8.40. The summed E-state index contributed by atoms with van der Waals surface area (Å²) in [6.45, 7) is 7.19. The predicted molar refractivity (Wildman–Crippen MR) is 89.9 cm³/mol. The van der Waals surface area contributed by atoms with Crippen molar-refractivity contribution in [1.82, 2.24) is 24.1 Å². The van der Waals surface area contributed by atoms with Gasteiger partial charge < -0.3 is 5.32 Å². The van der Waals surface area contributed by atoms with Gasteiger partial charge in [0.2, 0.25) is 5.91 Å². The molecule has 1 N–H and O–H groups in total. The average molecular weight is 332 g/mol. The summed E-state index contributed by atoms with van der Waals surface area (Å²) in [4.78, 5) is 24.7. The van der Waals surface area contributed by atoms with Crippen LogP contribution in [0.1, 0.15) is 37.0 Å². The van der Waals surface area contributed by atoms with Gasteiger partial charge in [-0.15, -0.1) is 0 Å². The summed E-state index contributed by atoms with van der Waals surface area (Å²) in [5, 5.41) is 11.7. The molecule has 0 saturated carbocycles. The number of aryl methyl sites for hydroxylation is 4. The topological polar surface area (TPSA) is 86.7 Å². The summed E-state index contributed by atoms with van der Waals surface area (Å²) < 4.78 is 4.86. The molecule has 1 amide bonds. The smallest absolute Gasteiger partial charge is 0.323 e. The fourth-order valence-electron chi connectivity index (χ4n) is 3.29. The van der Waals surface area contributed by atoms with E-state index in [2.05, 4.69) is 22.4 Å². The van der Waals surface area contributed by atoms with E-state index in [0.29, 0.717) is 19.4 Å². The number of amides is 1. The van der Waals surface area contributed by atoms with Crippen molar-refractivity contribution in [3.63, 3.8) is 0 Å². The van der Waals surface area contributed by atoms with E-state index in [1.165, 1.54) is 4.68 Å². The quantitative estimate of drug-likeness (QED) is 0.905. The lowest BCUT2D eigenvalue weighted by Gasteiger charge is -2.21. The number of nitrogens with one attached hydrogen (secondary N) is 1. The van der Waals surface area contributed by atoms with Gasteiger partial charge in [0.1, 0.15) is 5.82 Å². The molecule has 1 aliphatic heterocycles. The van der Waals surface area contributed by atoms with Crippen LogP contribution in [-0.4, -0.2) is 30.0 Å². The fourth-order valence-corrected chi connectivity index (χ4v) is 3.29. The number of anilines is 1. The molecule has 3 rings (SSSR count). The van der Waals surface area contributed by atoms with Crippen LogP contribution < -0.4 is 11.0 Å². The van der Waals surface area contributed by atoms with Gasteiger partial charge in [0.15, 0.2) is 0 Å². The van der Waals surface area contributed by atoms with Gasteiger partial charge in [-0.05, 0) is 26.7 Å². The molecule has 0 saturated heterocycles. The highest BCUT2D eigenvalue weighted by molar-refractivity contribution is 5.93. The van der Waals surface area contributed by atoms with Crippen molar-refractivity contribution in [2.75, 3.05) is 5.32 Å². The van der Waals surface area contributed by atoms with E-state index >= 15 is 0 Å². The van der Waals surface area contributed by atoms with Crippen molar-refractivity contribution in [1.29, 1.82) is 0 Å². The zero-order valence-corrected chi connectivity index (χ0v) is 14.7. The van der Waals surface area contributed by atoms with E-state index < -0.39 is 0 Å². The maximum Gasteiger partial charge on any atom is 0.345 e. The second-order valence-electron chi connectivity index (χ2n) is 6.43. The Morgan fingerprint density at radius 1 is 1.33 bits per heavy atom. The van der Waals surface area contributed by atoms with Crippen molar-refractivity contribution >= 4 is 11.6 Å². The summed E-state index contributed by atoms with van der Waals surface area (Å²) in [5.74, 6) is 0.473. The predicted octanol–water partition coefficient (Wildman–Crippen LogP) is 1.01. The van der Waals surface area contributed by atoms with Crippen LogP contribution in [0.3, 0.4) is 0 Å². The molecule has 24 heavy (non-hydrogen) atoms. The Bertz CT molecular complexity index is 828.